The number of carbonyl (C=O) groups is 3. The summed E-state index contributed by atoms with van der Waals surface area (Å²) in [6.07, 6.45) is -0.309. The van der Waals surface area contributed by atoms with Crippen molar-refractivity contribution in [3.63, 3.8) is 0 Å². The van der Waals surface area contributed by atoms with Gasteiger partial charge in [-0.3, -0.25) is 9.59 Å². The van der Waals surface area contributed by atoms with Gasteiger partial charge in [-0.2, -0.15) is 0 Å². The summed E-state index contributed by atoms with van der Waals surface area (Å²) < 4.78 is 15.5. The summed E-state index contributed by atoms with van der Waals surface area (Å²) >= 11 is 0. The lowest BCUT2D eigenvalue weighted by molar-refractivity contribution is -0.155. The first-order valence-electron chi connectivity index (χ1n) is 7.23. The van der Waals surface area contributed by atoms with E-state index in [-0.39, 0.29) is 19.1 Å². The maximum Gasteiger partial charge on any atom is 0.329 e. The molecule has 23 heavy (non-hydrogen) atoms. The molecule has 0 radical (unpaired) electrons. The number of anilines is 1. The third-order valence-corrected chi connectivity index (χ3v) is 3.58. The molecule has 0 aromatic heterocycles. The Kier molecular flexibility index (Phi) is 4.05. The van der Waals surface area contributed by atoms with Crippen molar-refractivity contribution in [2.45, 2.75) is 31.9 Å². The second-order valence-electron chi connectivity index (χ2n) is 5.30. The molecule has 8 heteroatoms. The maximum absolute atomic E-state index is 12.1. The van der Waals surface area contributed by atoms with Crippen molar-refractivity contribution in [3.05, 3.63) is 18.2 Å². The number of nitrogens with one attached hydrogen (secondary N) is 2. The number of fused-ring (bicyclic) bond motifs is 1. The molecule has 0 aliphatic carbocycles. The van der Waals surface area contributed by atoms with Crippen LogP contribution in [0.2, 0.25) is 0 Å². The van der Waals surface area contributed by atoms with Gasteiger partial charge in [0.05, 0.1) is 0 Å². The molecule has 1 saturated heterocycles. The SMILES string of the molecule is C[C@@H](OC(=O)[C@@H]1CCC(=O)N1)C(=O)Nc1ccc2c(c1)OCO2. The molecular weight excluding hydrogens is 304 g/mol. The van der Waals surface area contributed by atoms with E-state index in [4.69, 9.17) is 14.2 Å². The average Bonchev–Trinajstić information content (AvgIpc) is 3.15. The molecule has 0 unspecified atom stereocenters. The van der Waals surface area contributed by atoms with Crippen LogP contribution in [0.25, 0.3) is 0 Å². The van der Waals surface area contributed by atoms with Crippen LogP contribution in [0, 0.1) is 0 Å². The lowest BCUT2D eigenvalue weighted by Gasteiger charge is -2.16. The normalized spacial score (nSPS) is 19.9. The van der Waals surface area contributed by atoms with Crippen molar-refractivity contribution >= 4 is 23.5 Å². The fourth-order valence-corrected chi connectivity index (χ4v) is 2.32. The molecule has 2 N–H and O–H groups in total. The molecule has 3 rings (SSSR count). The molecule has 122 valence electrons. The highest BCUT2D eigenvalue weighted by molar-refractivity contribution is 5.96. The number of carbonyl (C=O) groups excluding carboxylic acids is 3. The van der Waals surface area contributed by atoms with Crippen LogP contribution in [0.15, 0.2) is 18.2 Å². The van der Waals surface area contributed by atoms with Crippen LogP contribution < -0.4 is 20.1 Å². The Morgan fingerprint density at radius 1 is 1.35 bits per heavy atom. The topological polar surface area (TPSA) is 103 Å². The van der Waals surface area contributed by atoms with Gasteiger partial charge < -0.3 is 24.8 Å². The molecule has 0 bridgehead atoms. The van der Waals surface area contributed by atoms with Gasteiger partial charge in [-0.25, -0.2) is 4.79 Å². The zero-order valence-corrected chi connectivity index (χ0v) is 12.5. The Balaban J connectivity index is 1.55. The van der Waals surface area contributed by atoms with Crippen LogP contribution >= 0.6 is 0 Å². The van der Waals surface area contributed by atoms with E-state index in [1.807, 2.05) is 0 Å². The number of hydrogen-bond donors (Lipinski definition) is 2. The maximum atomic E-state index is 12.1. The van der Waals surface area contributed by atoms with E-state index in [0.29, 0.717) is 23.6 Å². The van der Waals surface area contributed by atoms with Crippen LogP contribution in [-0.4, -0.2) is 36.7 Å². The molecule has 2 aliphatic heterocycles. The lowest BCUT2D eigenvalue weighted by atomic mass is 10.2. The molecule has 2 atom stereocenters. The first kappa shape index (κ1) is 15.1. The number of esters is 1. The van der Waals surface area contributed by atoms with Crippen molar-refractivity contribution in [1.82, 2.24) is 5.32 Å². The summed E-state index contributed by atoms with van der Waals surface area (Å²) in [4.78, 5) is 35.0. The van der Waals surface area contributed by atoms with Crippen LogP contribution in [0.4, 0.5) is 5.69 Å². The number of amides is 2. The molecule has 2 aliphatic rings. The number of benzene rings is 1. The standard InChI is InChI=1S/C15H16N2O6/c1-8(23-15(20)10-3-5-13(18)17-10)14(19)16-9-2-4-11-12(6-9)22-7-21-11/h2,4,6,8,10H,3,5,7H2,1H3,(H,16,19)(H,17,18)/t8-,10+/m1/s1. The second-order valence-corrected chi connectivity index (χ2v) is 5.30. The Morgan fingerprint density at radius 3 is 2.87 bits per heavy atom. The van der Waals surface area contributed by atoms with Gasteiger partial charge in [0.25, 0.3) is 5.91 Å². The average molecular weight is 320 g/mol. The minimum Gasteiger partial charge on any atom is -0.454 e. The van der Waals surface area contributed by atoms with E-state index in [0.717, 1.165) is 0 Å². The van der Waals surface area contributed by atoms with Gasteiger partial charge in [0, 0.05) is 18.2 Å². The predicted octanol–water partition coefficient (Wildman–Crippen LogP) is 0.564. The highest BCUT2D eigenvalue weighted by atomic mass is 16.7. The monoisotopic (exact) mass is 320 g/mol. The van der Waals surface area contributed by atoms with E-state index in [1.165, 1.54) is 6.92 Å². The summed E-state index contributed by atoms with van der Waals surface area (Å²) in [5.41, 5.74) is 0.510. The third kappa shape index (κ3) is 3.36. The fourth-order valence-electron chi connectivity index (χ4n) is 2.32. The highest BCUT2D eigenvalue weighted by Gasteiger charge is 2.30. The molecule has 1 aromatic carbocycles. The summed E-state index contributed by atoms with van der Waals surface area (Å²) in [7, 11) is 0. The number of rotatable bonds is 4. The van der Waals surface area contributed by atoms with Crippen molar-refractivity contribution < 1.29 is 28.6 Å². The summed E-state index contributed by atoms with van der Waals surface area (Å²) in [6.45, 7) is 1.62. The highest BCUT2D eigenvalue weighted by Crippen LogP contribution is 2.34. The van der Waals surface area contributed by atoms with Gasteiger partial charge in [0.1, 0.15) is 6.04 Å². The molecule has 0 spiro atoms. The van der Waals surface area contributed by atoms with Gasteiger partial charge >= 0.3 is 5.97 Å². The predicted molar refractivity (Wildman–Crippen MR) is 77.9 cm³/mol. The first-order chi connectivity index (χ1) is 11.0. The lowest BCUT2D eigenvalue weighted by Crippen LogP contribution is -2.39. The minimum atomic E-state index is -0.981. The Morgan fingerprint density at radius 2 is 2.13 bits per heavy atom. The smallest absolute Gasteiger partial charge is 0.329 e. The van der Waals surface area contributed by atoms with Crippen molar-refractivity contribution in [2.75, 3.05) is 12.1 Å². The minimum absolute atomic E-state index is 0.147. The Bertz CT molecular complexity index is 659. The van der Waals surface area contributed by atoms with E-state index in [2.05, 4.69) is 10.6 Å². The van der Waals surface area contributed by atoms with Crippen LogP contribution in [0.1, 0.15) is 19.8 Å². The summed E-state index contributed by atoms with van der Waals surface area (Å²) in [5.74, 6) is -0.115. The zero-order valence-electron chi connectivity index (χ0n) is 12.5. The molecule has 8 nitrogen and oxygen atoms in total. The largest absolute Gasteiger partial charge is 0.454 e. The molecule has 0 saturated carbocycles. The molecule has 2 heterocycles. The second kappa shape index (κ2) is 6.15. The van der Waals surface area contributed by atoms with Crippen LogP contribution in [0.3, 0.4) is 0 Å². The fraction of sp³-hybridized carbons (Fsp3) is 0.400. The van der Waals surface area contributed by atoms with Gasteiger partial charge in [0.15, 0.2) is 17.6 Å². The molecular formula is C15H16N2O6. The molecule has 2 amide bonds. The van der Waals surface area contributed by atoms with Crippen molar-refractivity contribution in [1.29, 1.82) is 0 Å². The van der Waals surface area contributed by atoms with E-state index in [1.54, 1.807) is 18.2 Å². The first-order valence-corrected chi connectivity index (χ1v) is 7.23. The van der Waals surface area contributed by atoms with Gasteiger partial charge in [0.2, 0.25) is 12.7 Å². The van der Waals surface area contributed by atoms with Gasteiger partial charge in [-0.1, -0.05) is 0 Å². The van der Waals surface area contributed by atoms with E-state index >= 15 is 0 Å². The van der Waals surface area contributed by atoms with Crippen LogP contribution in [0.5, 0.6) is 11.5 Å². The molecule has 1 aromatic rings. The van der Waals surface area contributed by atoms with E-state index < -0.39 is 24.0 Å². The Labute approximate surface area is 132 Å². The van der Waals surface area contributed by atoms with Crippen LogP contribution in [-0.2, 0) is 19.1 Å². The number of hydrogen-bond acceptors (Lipinski definition) is 6. The van der Waals surface area contributed by atoms with Crippen molar-refractivity contribution in [2.24, 2.45) is 0 Å². The number of ether oxygens (including phenoxy) is 3. The Hall–Kier alpha value is -2.77. The van der Waals surface area contributed by atoms with Crippen molar-refractivity contribution in [3.8, 4) is 11.5 Å². The quantitative estimate of drug-likeness (QED) is 0.786. The third-order valence-electron chi connectivity index (χ3n) is 3.58. The summed E-state index contributed by atoms with van der Waals surface area (Å²) in [5, 5.41) is 5.14. The van der Waals surface area contributed by atoms with Gasteiger partial charge in [-0.05, 0) is 25.5 Å². The molecule has 1 fully saturated rings. The van der Waals surface area contributed by atoms with E-state index in [9.17, 15) is 14.4 Å². The zero-order chi connectivity index (χ0) is 16.4. The van der Waals surface area contributed by atoms with Gasteiger partial charge in [-0.15, -0.1) is 0 Å². The summed E-state index contributed by atoms with van der Waals surface area (Å²) in [6, 6.07) is 4.30.